The van der Waals surface area contributed by atoms with E-state index >= 15 is 0 Å². The Balaban J connectivity index is 1.42. The van der Waals surface area contributed by atoms with E-state index in [1.807, 2.05) is 60.5 Å². The van der Waals surface area contributed by atoms with Gasteiger partial charge >= 0.3 is 6.09 Å². The molecule has 182 valence electrons. The Morgan fingerprint density at radius 1 is 1.15 bits per heavy atom. The lowest BCUT2D eigenvalue weighted by atomic mass is 9.90. The minimum Gasteiger partial charge on any atom is -0.444 e. The summed E-state index contributed by atoms with van der Waals surface area (Å²) in [4.78, 5) is 30.1. The molecule has 1 atom stereocenters. The molecule has 8 heteroatoms. The van der Waals surface area contributed by atoms with Gasteiger partial charge in [-0.2, -0.15) is 5.10 Å². The molecular formula is C26H33ClN4O3. The standard InChI is InChI=1S/C26H33ClN4O3/c1-16-14-31(19-7-8-19)28-23(16)24(32)29-11-9-17-12-18(27)13-20(21(17)15-29)22-6-5-10-30(22)25(33)34-26(2,3)4/h12-14,19,22H,5-11,15H2,1-4H3. The number of aryl methyl sites for hydroxylation is 1. The lowest BCUT2D eigenvalue weighted by molar-refractivity contribution is 0.0222. The summed E-state index contributed by atoms with van der Waals surface area (Å²) >= 11 is 6.52. The Bertz CT molecular complexity index is 1130. The van der Waals surface area contributed by atoms with Crippen molar-refractivity contribution in [3.63, 3.8) is 0 Å². The number of carbonyl (C=O) groups excluding carboxylic acids is 2. The van der Waals surface area contributed by atoms with Crippen LogP contribution in [0.2, 0.25) is 5.02 Å². The van der Waals surface area contributed by atoms with Gasteiger partial charge in [0.15, 0.2) is 5.69 Å². The van der Waals surface area contributed by atoms with E-state index < -0.39 is 5.60 Å². The molecule has 0 N–H and O–H groups in total. The van der Waals surface area contributed by atoms with Crippen molar-refractivity contribution in [2.75, 3.05) is 13.1 Å². The number of aromatic nitrogens is 2. The number of nitrogens with zero attached hydrogens (tertiary/aromatic N) is 4. The van der Waals surface area contributed by atoms with E-state index in [9.17, 15) is 9.59 Å². The number of rotatable bonds is 3. The van der Waals surface area contributed by atoms with E-state index in [0.29, 0.717) is 36.4 Å². The van der Waals surface area contributed by atoms with Gasteiger partial charge in [-0.3, -0.25) is 9.48 Å². The van der Waals surface area contributed by atoms with E-state index in [1.54, 1.807) is 0 Å². The molecule has 0 bridgehead atoms. The van der Waals surface area contributed by atoms with Gasteiger partial charge in [0.05, 0.1) is 12.1 Å². The van der Waals surface area contributed by atoms with Gasteiger partial charge in [-0.05, 0) is 88.6 Å². The molecule has 3 heterocycles. The first-order chi connectivity index (χ1) is 16.1. The predicted molar refractivity (Wildman–Crippen MR) is 130 cm³/mol. The molecule has 1 aromatic heterocycles. The molecule has 1 aromatic carbocycles. The number of hydrogen-bond donors (Lipinski definition) is 0. The number of hydrogen-bond acceptors (Lipinski definition) is 4. The van der Waals surface area contributed by atoms with Gasteiger partial charge in [0, 0.05) is 36.4 Å². The highest BCUT2D eigenvalue weighted by Crippen LogP contribution is 2.39. The Morgan fingerprint density at radius 3 is 2.62 bits per heavy atom. The fourth-order valence-electron chi connectivity index (χ4n) is 5.13. The summed E-state index contributed by atoms with van der Waals surface area (Å²) in [5.41, 5.74) is 4.20. The van der Waals surface area contributed by atoms with Crippen LogP contribution in [-0.2, 0) is 17.7 Å². The molecule has 1 unspecified atom stereocenters. The normalized spacial score (nSPS) is 20.4. The summed E-state index contributed by atoms with van der Waals surface area (Å²) in [6, 6.07) is 4.31. The predicted octanol–water partition coefficient (Wildman–Crippen LogP) is 5.45. The lowest BCUT2D eigenvalue weighted by Crippen LogP contribution is -2.39. The van der Waals surface area contributed by atoms with Crippen molar-refractivity contribution in [1.82, 2.24) is 19.6 Å². The highest BCUT2D eigenvalue weighted by molar-refractivity contribution is 6.30. The van der Waals surface area contributed by atoms with E-state index in [4.69, 9.17) is 16.3 Å². The third-order valence-electron chi connectivity index (χ3n) is 6.91. The summed E-state index contributed by atoms with van der Waals surface area (Å²) in [6.45, 7) is 9.38. The molecule has 1 saturated carbocycles. The number of ether oxygens (including phenoxy) is 1. The minimum atomic E-state index is -0.553. The van der Waals surface area contributed by atoms with Crippen molar-refractivity contribution in [2.24, 2.45) is 0 Å². The van der Waals surface area contributed by atoms with Gasteiger partial charge in [0.2, 0.25) is 0 Å². The molecule has 2 fully saturated rings. The fourth-order valence-corrected chi connectivity index (χ4v) is 5.38. The van der Waals surface area contributed by atoms with Gasteiger partial charge in [-0.15, -0.1) is 0 Å². The molecule has 34 heavy (non-hydrogen) atoms. The maximum absolute atomic E-state index is 13.5. The van der Waals surface area contributed by atoms with Gasteiger partial charge in [-0.25, -0.2) is 4.79 Å². The molecule has 3 aliphatic rings. The van der Waals surface area contributed by atoms with Crippen molar-refractivity contribution >= 4 is 23.6 Å². The third-order valence-corrected chi connectivity index (χ3v) is 7.13. The number of amides is 2. The van der Waals surface area contributed by atoms with Crippen LogP contribution in [0.4, 0.5) is 4.79 Å². The van der Waals surface area contributed by atoms with Crippen LogP contribution in [-0.4, -0.2) is 50.3 Å². The average molecular weight is 485 g/mol. The van der Waals surface area contributed by atoms with Crippen LogP contribution in [0.3, 0.4) is 0 Å². The maximum Gasteiger partial charge on any atom is 0.410 e. The first kappa shape index (κ1) is 23.2. The van der Waals surface area contributed by atoms with E-state index in [1.165, 1.54) is 0 Å². The molecule has 0 spiro atoms. The van der Waals surface area contributed by atoms with Crippen LogP contribution in [0.25, 0.3) is 0 Å². The number of fused-ring (bicyclic) bond motifs is 1. The summed E-state index contributed by atoms with van der Waals surface area (Å²) in [7, 11) is 0. The zero-order valence-corrected chi connectivity index (χ0v) is 21.2. The molecule has 0 radical (unpaired) electrons. The van der Waals surface area contributed by atoms with Gasteiger partial charge < -0.3 is 14.5 Å². The van der Waals surface area contributed by atoms with E-state index in [2.05, 4.69) is 5.10 Å². The molecule has 5 rings (SSSR count). The summed E-state index contributed by atoms with van der Waals surface area (Å²) in [6.07, 6.45) is 6.45. The first-order valence-corrected chi connectivity index (χ1v) is 12.6. The Labute approximate surface area is 206 Å². The Kier molecular flexibility index (Phi) is 5.87. The van der Waals surface area contributed by atoms with Crippen molar-refractivity contribution in [3.05, 3.63) is 51.3 Å². The minimum absolute atomic E-state index is 0.0288. The lowest BCUT2D eigenvalue weighted by Gasteiger charge is -2.34. The molecule has 2 aliphatic heterocycles. The van der Waals surface area contributed by atoms with Crippen molar-refractivity contribution in [3.8, 4) is 0 Å². The first-order valence-electron chi connectivity index (χ1n) is 12.3. The fraction of sp³-hybridized carbons (Fsp3) is 0.577. The SMILES string of the molecule is Cc1cn(C2CC2)nc1C(=O)N1CCc2cc(Cl)cc(C3CCCN3C(=O)OC(C)(C)C)c2C1. The molecular weight excluding hydrogens is 452 g/mol. The zero-order chi connectivity index (χ0) is 24.2. The summed E-state index contributed by atoms with van der Waals surface area (Å²) in [5.74, 6) is -0.0288. The quantitative estimate of drug-likeness (QED) is 0.581. The maximum atomic E-state index is 13.5. The molecule has 1 saturated heterocycles. The molecule has 7 nitrogen and oxygen atoms in total. The molecule has 2 aromatic rings. The van der Waals surface area contributed by atoms with Crippen molar-refractivity contribution in [2.45, 2.75) is 84.0 Å². The number of halogens is 1. The van der Waals surface area contributed by atoms with Crippen LogP contribution in [0.1, 0.15) is 91.3 Å². The number of likely N-dealkylation sites (tertiary alicyclic amines) is 1. The van der Waals surface area contributed by atoms with Crippen LogP contribution in [0.15, 0.2) is 18.3 Å². The van der Waals surface area contributed by atoms with E-state index in [-0.39, 0.29) is 18.0 Å². The second-order valence-corrected chi connectivity index (χ2v) is 11.2. The molecule has 2 amide bonds. The van der Waals surface area contributed by atoms with Gasteiger partial charge in [0.25, 0.3) is 5.91 Å². The number of benzene rings is 1. The second kappa shape index (κ2) is 8.59. The largest absolute Gasteiger partial charge is 0.444 e. The summed E-state index contributed by atoms with van der Waals surface area (Å²) < 4.78 is 7.63. The molecule has 1 aliphatic carbocycles. The average Bonchev–Trinajstić information content (AvgIpc) is 3.36. The van der Waals surface area contributed by atoms with Gasteiger partial charge in [0.1, 0.15) is 5.60 Å². The van der Waals surface area contributed by atoms with E-state index in [0.717, 1.165) is 54.4 Å². The van der Waals surface area contributed by atoms with Crippen molar-refractivity contribution < 1.29 is 14.3 Å². The third kappa shape index (κ3) is 4.54. The smallest absolute Gasteiger partial charge is 0.410 e. The highest BCUT2D eigenvalue weighted by atomic mass is 35.5. The van der Waals surface area contributed by atoms with Crippen LogP contribution < -0.4 is 0 Å². The van der Waals surface area contributed by atoms with Crippen molar-refractivity contribution in [1.29, 1.82) is 0 Å². The number of carbonyl (C=O) groups is 2. The second-order valence-electron chi connectivity index (χ2n) is 10.8. The Morgan fingerprint density at radius 2 is 1.91 bits per heavy atom. The monoisotopic (exact) mass is 484 g/mol. The van der Waals surface area contributed by atoms with Crippen LogP contribution >= 0.6 is 11.6 Å². The Hall–Kier alpha value is -2.54. The van der Waals surface area contributed by atoms with Crippen LogP contribution in [0, 0.1) is 6.92 Å². The topological polar surface area (TPSA) is 67.7 Å². The van der Waals surface area contributed by atoms with Gasteiger partial charge in [-0.1, -0.05) is 11.6 Å². The summed E-state index contributed by atoms with van der Waals surface area (Å²) in [5, 5.41) is 5.29. The highest BCUT2D eigenvalue weighted by Gasteiger charge is 2.37. The van der Waals surface area contributed by atoms with Crippen LogP contribution in [0.5, 0.6) is 0 Å². The zero-order valence-electron chi connectivity index (χ0n) is 20.4.